The highest BCUT2D eigenvalue weighted by Gasteiger charge is 2.40. The van der Waals surface area contributed by atoms with Crippen molar-refractivity contribution in [2.45, 2.75) is 58.2 Å². The van der Waals surface area contributed by atoms with Crippen molar-refractivity contribution in [1.29, 1.82) is 0 Å². The fraction of sp³-hybridized carbons (Fsp3) is 0.765. The van der Waals surface area contributed by atoms with Crippen LogP contribution in [0.2, 0.25) is 0 Å². The monoisotopic (exact) mass is 321 g/mol. The minimum absolute atomic E-state index is 0.104. The standard InChI is InChI=1S/C17H27N3O3/c1-4-16-18-12(2)15(23-16)11-20-10-13(22-3)9-14(20)17(21)19-7-5-6-8-19/h13-14H,4-11H2,1-3H3/t13-,14-/m0/s1. The van der Waals surface area contributed by atoms with Crippen LogP contribution in [0.25, 0.3) is 0 Å². The quantitative estimate of drug-likeness (QED) is 0.827. The lowest BCUT2D eigenvalue weighted by atomic mass is 10.1. The lowest BCUT2D eigenvalue weighted by molar-refractivity contribution is -0.135. The number of likely N-dealkylation sites (tertiary alicyclic amines) is 2. The zero-order valence-electron chi connectivity index (χ0n) is 14.4. The fourth-order valence-corrected chi connectivity index (χ4v) is 3.58. The minimum atomic E-state index is -0.104. The largest absolute Gasteiger partial charge is 0.444 e. The van der Waals surface area contributed by atoms with Gasteiger partial charge in [0.05, 0.1) is 24.4 Å². The molecular weight excluding hydrogens is 294 g/mol. The molecule has 1 amide bonds. The first kappa shape index (κ1) is 16.5. The van der Waals surface area contributed by atoms with Crippen LogP contribution in [0.4, 0.5) is 0 Å². The second-order valence-corrected chi connectivity index (χ2v) is 6.54. The van der Waals surface area contributed by atoms with Gasteiger partial charge in [-0.25, -0.2) is 4.98 Å². The Kier molecular flexibility index (Phi) is 5.02. The van der Waals surface area contributed by atoms with Crippen LogP contribution in [0.1, 0.15) is 43.5 Å². The van der Waals surface area contributed by atoms with E-state index in [0.717, 1.165) is 62.7 Å². The summed E-state index contributed by atoms with van der Waals surface area (Å²) in [6.07, 6.45) is 3.90. The molecule has 2 saturated heterocycles. The summed E-state index contributed by atoms with van der Waals surface area (Å²) in [5.74, 6) is 1.88. The third kappa shape index (κ3) is 3.43. The van der Waals surface area contributed by atoms with E-state index in [0.29, 0.717) is 6.54 Å². The Hall–Kier alpha value is -1.40. The van der Waals surface area contributed by atoms with Crippen molar-refractivity contribution >= 4 is 5.91 Å². The van der Waals surface area contributed by atoms with Crippen LogP contribution in [-0.2, 0) is 22.5 Å². The van der Waals surface area contributed by atoms with Gasteiger partial charge in [0.2, 0.25) is 5.91 Å². The molecule has 3 heterocycles. The molecule has 2 aliphatic heterocycles. The molecule has 0 bridgehead atoms. The zero-order chi connectivity index (χ0) is 16.4. The Labute approximate surface area is 137 Å². The first-order chi connectivity index (χ1) is 11.1. The van der Waals surface area contributed by atoms with Gasteiger partial charge in [0.25, 0.3) is 0 Å². The van der Waals surface area contributed by atoms with Crippen LogP contribution in [0.15, 0.2) is 4.42 Å². The number of hydrogen-bond acceptors (Lipinski definition) is 5. The topological polar surface area (TPSA) is 58.8 Å². The number of amides is 1. The lowest BCUT2D eigenvalue weighted by Gasteiger charge is -2.26. The van der Waals surface area contributed by atoms with E-state index in [1.54, 1.807) is 7.11 Å². The van der Waals surface area contributed by atoms with E-state index in [4.69, 9.17) is 9.15 Å². The normalized spacial score (nSPS) is 25.4. The van der Waals surface area contributed by atoms with E-state index in [1.807, 2.05) is 18.7 Å². The second-order valence-electron chi connectivity index (χ2n) is 6.54. The Bertz CT molecular complexity index is 551. The van der Waals surface area contributed by atoms with Gasteiger partial charge in [0.1, 0.15) is 5.76 Å². The number of rotatable bonds is 5. The first-order valence-corrected chi connectivity index (χ1v) is 8.63. The zero-order valence-corrected chi connectivity index (χ0v) is 14.4. The fourth-order valence-electron chi connectivity index (χ4n) is 3.58. The molecule has 23 heavy (non-hydrogen) atoms. The van der Waals surface area contributed by atoms with Crippen molar-refractivity contribution < 1.29 is 13.9 Å². The molecule has 2 atom stereocenters. The average Bonchev–Trinajstić information content (AvgIpc) is 3.27. The van der Waals surface area contributed by atoms with E-state index < -0.39 is 0 Å². The van der Waals surface area contributed by atoms with E-state index >= 15 is 0 Å². The highest BCUT2D eigenvalue weighted by Crippen LogP contribution is 2.26. The predicted molar refractivity (Wildman–Crippen MR) is 86.0 cm³/mol. The van der Waals surface area contributed by atoms with Crippen LogP contribution >= 0.6 is 0 Å². The molecule has 2 aliphatic rings. The minimum Gasteiger partial charge on any atom is -0.444 e. The highest BCUT2D eigenvalue weighted by atomic mass is 16.5. The van der Waals surface area contributed by atoms with Gasteiger partial charge in [0, 0.05) is 33.2 Å². The van der Waals surface area contributed by atoms with Gasteiger partial charge in [-0.15, -0.1) is 0 Å². The average molecular weight is 321 g/mol. The Morgan fingerprint density at radius 1 is 1.39 bits per heavy atom. The van der Waals surface area contributed by atoms with Crippen molar-refractivity contribution in [1.82, 2.24) is 14.8 Å². The third-order valence-corrected chi connectivity index (χ3v) is 4.99. The van der Waals surface area contributed by atoms with Gasteiger partial charge in [0.15, 0.2) is 5.89 Å². The summed E-state index contributed by atoms with van der Waals surface area (Å²) >= 11 is 0. The summed E-state index contributed by atoms with van der Waals surface area (Å²) in [7, 11) is 1.72. The molecule has 6 nitrogen and oxygen atoms in total. The number of aromatic nitrogens is 1. The molecule has 6 heteroatoms. The van der Waals surface area contributed by atoms with E-state index in [-0.39, 0.29) is 18.1 Å². The van der Waals surface area contributed by atoms with Crippen molar-refractivity contribution in [2.24, 2.45) is 0 Å². The molecule has 1 aromatic rings. The lowest BCUT2D eigenvalue weighted by Crippen LogP contribution is -2.44. The molecule has 0 spiro atoms. The molecule has 0 radical (unpaired) electrons. The molecule has 3 rings (SSSR count). The van der Waals surface area contributed by atoms with E-state index in [9.17, 15) is 4.79 Å². The maximum atomic E-state index is 12.8. The Balaban J connectivity index is 1.74. The molecule has 128 valence electrons. The summed E-state index contributed by atoms with van der Waals surface area (Å²) in [4.78, 5) is 21.5. The van der Waals surface area contributed by atoms with Crippen molar-refractivity contribution in [3.8, 4) is 0 Å². The van der Waals surface area contributed by atoms with Crippen molar-refractivity contribution in [3.05, 3.63) is 17.3 Å². The molecular formula is C17H27N3O3. The molecule has 0 aromatic carbocycles. The highest BCUT2D eigenvalue weighted by molar-refractivity contribution is 5.82. The summed E-state index contributed by atoms with van der Waals surface area (Å²) in [5.41, 5.74) is 0.926. The van der Waals surface area contributed by atoms with Gasteiger partial charge in [-0.2, -0.15) is 0 Å². The van der Waals surface area contributed by atoms with Crippen LogP contribution in [0, 0.1) is 6.92 Å². The van der Waals surface area contributed by atoms with Crippen LogP contribution < -0.4 is 0 Å². The Morgan fingerprint density at radius 2 is 2.13 bits per heavy atom. The van der Waals surface area contributed by atoms with E-state index in [2.05, 4.69) is 9.88 Å². The van der Waals surface area contributed by atoms with Gasteiger partial charge in [-0.05, 0) is 26.2 Å². The second kappa shape index (κ2) is 7.01. The number of methoxy groups -OCH3 is 1. The van der Waals surface area contributed by atoms with Crippen LogP contribution in [0.3, 0.4) is 0 Å². The number of aryl methyl sites for hydroxylation is 2. The molecule has 0 N–H and O–H groups in total. The first-order valence-electron chi connectivity index (χ1n) is 8.63. The number of carbonyl (C=O) groups excluding carboxylic acids is 1. The van der Waals surface area contributed by atoms with Gasteiger partial charge < -0.3 is 14.1 Å². The maximum Gasteiger partial charge on any atom is 0.240 e. The predicted octanol–water partition coefficient (Wildman–Crippen LogP) is 1.76. The molecule has 2 fully saturated rings. The molecule has 0 unspecified atom stereocenters. The van der Waals surface area contributed by atoms with Gasteiger partial charge in [-0.3, -0.25) is 9.69 Å². The summed E-state index contributed by atoms with van der Waals surface area (Å²) in [6.45, 7) is 7.18. The Morgan fingerprint density at radius 3 is 2.74 bits per heavy atom. The number of nitrogens with zero attached hydrogens (tertiary/aromatic N) is 3. The number of hydrogen-bond donors (Lipinski definition) is 0. The maximum absolute atomic E-state index is 12.8. The summed E-state index contributed by atoms with van der Waals surface area (Å²) < 4.78 is 11.3. The van der Waals surface area contributed by atoms with Crippen molar-refractivity contribution in [2.75, 3.05) is 26.7 Å². The number of oxazole rings is 1. The van der Waals surface area contributed by atoms with Crippen molar-refractivity contribution in [3.63, 3.8) is 0 Å². The third-order valence-electron chi connectivity index (χ3n) is 4.99. The van der Waals surface area contributed by atoms with E-state index in [1.165, 1.54) is 0 Å². The SMILES string of the molecule is CCc1nc(C)c(CN2C[C@@H](OC)C[C@H]2C(=O)N2CCCC2)o1. The summed E-state index contributed by atoms with van der Waals surface area (Å²) in [5, 5.41) is 0. The van der Waals surface area contributed by atoms with Gasteiger partial charge in [-0.1, -0.05) is 6.92 Å². The molecule has 0 saturated carbocycles. The summed E-state index contributed by atoms with van der Waals surface area (Å²) in [6, 6.07) is -0.104. The van der Waals surface area contributed by atoms with Crippen LogP contribution in [0.5, 0.6) is 0 Å². The van der Waals surface area contributed by atoms with Crippen LogP contribution in [-0.4, -0.2) is 59.6 Å². The molecule has 1 aromatic heterocycles. The number of carbonyl (C=O) groups is 1. The number of ether oxygens (including phenoxy) is 1. The smallest absolute Gasteiger partial charge is 0.240 e. The van der Waals surface area contributed by atoms with Gasteiger partial charge >= 0.3 is 0 Å². The molecule has 0 aliphatic carbocycles.